The van der Waals surface area contributed by atoms with E-state index in [0.29, 0.717) is 27.0 Å². The quantitative estimate of drug-likeness (QED) is 0.818. The van der Waals surface area contributed by atoms with Crippen LogP contribution in [0.1, 0.15) is 15.9 Å². The van der Waals surface area contributed by atoms with Gasteiger partial charge in [0.25, 0.3) is 5.91 Å². The van der Waals surface area contributed by atoms with Crippen LogP contribution in [0.4, 0.5) is 11.4 Å². The second kappa shape index (κ2) is 5.51. The summed E-state index contributed by atoms with van der Waals surface area (Å²) < 4.78 is 0. The van der Waals surface area contributed by atoms with Crippen LogP contribution in [0.25, 0.3) is 0 Å². The number of nitrogens with one attached hydrogen (secondary N) is 1. The van der Waals surface area contributed by atoms with E-state index in [0.717, 1.165) is 5.56 Å². The number of aryl methyl sites for hydroxylation is 1. The van der Waals surface area contributed by atoms with E-state index in [2.05, 4.69) is 5.32 Å². The zero-order valence-corrected chi connectivity index (χ0v) is 11.7. The van der Waals surface area contributed by atoms with Crippen molar-refractivity contribution in [2.45, 2.75) is 6.92 Å². The van der Waals surface area contributed by atoms with E-state index in [-0.39, 0.29) is 5.91 Å². The van der Waals surface area contributed by atoms with Gasteiger partial charge >= 0.3 is 0 Å². The van der Waals surface area contributed by atoms with E-state index in [1.54, 1.807) is 36.4 Å². The first kappa shape index (κ1) is 13.7. The molecule has 3 nitrogen and oxygen atoms in total. The molecule has 0 heterocycles. The van der Waals surface area contributed by atoms with Gasteiger partial charge in [0.05, 0.1) is 15.7 Å². The van der Waals surface area contributed by atoms with Crippen molar-refractivity contribution in [3.05, 3.63) is 57.6 Å². The maximum absolute atomic E-state index is 12.1. The Balaban J connectivity index is 2.28. The number of halogens is 2. The first-order valence-electron chi connectivity index (χ1n) is 5.60. The Morgan fingerprint density at radius 3 is 2.63 bits per heavy atom. The number of anilines is 2. The number of nitrogens with two attached hydrogens (primary N) is 1. The van der Waals surface area contributed by atoms with E-state index in [9.17, 15) is 4.79 Å². The lowest BCUT2D eigenvalue weighted by molar-refractivity contribution is 0.102. The van der Waals surface area contributed by atoms with Gasteiger partial charge in [-0.2, -0.15) is 0 Å². The number of hydrogen-bond acceptors (Lipinski definition) is 2. The smallest absolute Gasteiger partial charge is 0.255 e. The molecule has 0 unspecified atom stereocenters. The van der Waals surface area contributed by atoms with Crippen LogP contribution >= 0.6 is 23.2 Å². The summed E-state index contributed by atoms with van der Waals surface area (Å²) in [7, 11) is 0. The van der Waals surface area contributed by atoms with Crippen molar-refractivity contribution in [3.63, 3.8) is 0 Å². The highest BCUT2D eigenvalue weighted by Gasteiger charge is 2.11. The minimum Gasteiger partial charge on any atom is -0.399 e. The van der Waals surface area contributed by atoms with Gasteiger partial charge in [-0.25, -0.2) is 0 Å². The Hall–Kier alpha value is -1.71. The lowest BCUT2D eigenvalue weighted by Crippen LogP contribution is -2.12. The first-order chi connectivity index (χ1) is 8.97. The Bertz CT molecular complexity index is 621. The number of benzene rings is 2. The zero-order valence-electron chi connectivity index (χ0n) is 10.2. The summed E-state index contributed by atoms with van der Waals surface area (Å²) >= 11 is 11.9. The Morgan fingerprint density at radius 2 is 1.95 bits per heavy atom. The number of amides is 1. The van der Waals surface area contributed by atoms with Gasteiger partial charge in [0.1, 0.15) is 0 Å². The maximum Gasteiger partial charge on any atom is 0.255 e. The highest BCUT2D eigenvalue weighted by atomic mass is 35.5. The van der Waals surface area contributed by atoms with Gasteiger partial charge in [0.2, 0.25) is 0 Å². The molecule has 2 rings (SSSR count). The topological polar surface area (TPSA) is 55.1 Å². The molecule has 0 aromatic heterocycles. The van der Waals surface area contributed by atoms with Gasteiger partial charge in [0.15, 0.2) is 0 Å². The SMILES string of the molecule is Cc1cc(N)cc(C(=O)Nc2cccc(Cl)c2Cl)c1. The van der Waals surface area contributed by atoms with Crippen LogP contribution in [-0.4, -0.2) is 5.91 Å². The van der Waals surface area contributed by atoms with Gasteiger partial charge < -0.3 is 11.1 Å². The van der Waals surface area contributed by atoms with Crippen LogP contribution in [0.2, 0.25) is 10.0 Å². The van der Waals surface area contributed by atoms with Crippen LogP contribution in [-0.2, 0) is 0 Å². The molecule has 0 saturated heterocycles. The fraction of sp³-hybridized carbons (Fsp3) is 0.0714. The van der Waals surface area contributed by atoms with Crippen molar-refractivity contribution in [1.29, 1.82) is 0 Å². The molecule has 0 saturated carbocycles. The molecule has 0 aliphatic carbocycles. The van der Waals surface area contributed by atoms with Crippen LogP contribution in [0.15, 0.2) is 36.4 Å². The van der Waals surface area contributed by atoms with Crippen molar-refractivity contribution in [3.8, 4) is 0 Å². The summed E-state index contributed by atoms with van der Waals surface area (Å²) in [5, 5.41) is 3.42. The molecule has 5 heteroatoms. The van der Waals surface area contributed by atoms with E-state index in [1.807, 2.05) is 6.92 Å². The normalized spacial score (nSPS) is 10.3. The van der Waals surface area contributed by atoms with Crippen LogP contribution in [0.3, 0.4) is 0 Å². The molecule has 98 valence electrons. The van der Waals surface area contributed by atoms with Crippen molar-refractivity contribution in [2.24, 2.45) is 0 Å². The summed E-state index contributed by atoms with van der Waals surface area (Å²) in [5.41, 5.74) is 8.13. The lowest BCUT2D eigenvalue weighted by atomic mass is 10.1. The highest BCUT2D eigenvalue weighted by molar-refractivity contribution is 6.44. The maximum atomic E-state index is 12.1. The molecule has 0 bridgehead atoms. The highest BCUT2D eigenvalue weighted by Crippen LogP contribution is 2.29. The molecular formula is C14H12Cl2N2O. The molecule has 19 heavy (non-hydrogen) atoms. The third kappa shape index (κ3) is 3.19. The molecule has 0 atom stereocenters. The monoisotopic (exact) mass is 294 g/mol. The predicted octanol–water partition coefficient (Wildman–Crippen LogP) is 4.14. The van der Waals surface area contributed by atoms with Crippen LogP contribution in [0.5, 0.6) is 0 Å². The number of nitrogen functional groups attached to an aromatic ring is 1. The average molecular weight is 295 g/mol. The van der Waals surface area contributed by atoms with E-state index < -0.39 is 0 Å². The van der Waals surface area contributed by atoms with Crippen LogP contribution < -0.4 is 11.1 Å². The number of carbonyl (C=O) groups is 1. The summed E-state index contributed by atoms with van der Waals surface area (Å²) in [6.07, 6.45) is 0. The molecule has 3 N–H and O–H groups in total. The van der Waals surface area contributed by atoms with E-state index in [4.69, 9.17) is 28.9 Å². The van der Waals surface area contributed by atoms with E-state index >= 15 is 0 Å². The molecule has 2 aromatic rings. The third-order valence-corrected chi connectivity index (χ3v) is 3.38. The molecule has 1 amide bonds. The standard InChI is InChI=1S/C14H12Cl2N2O/c1-8-5-9(7-10(17)6-8)14(19)18-12-4-2-3-11(15)13(12)16/h2-7H,17H2,1H3,(H,18,19). The van der Waals surface area contributed by atoms with Gasteiger partial charge in [-0.15, -0.1) is 0 Å². The zero-order chi connectivity index (χ0) is 14.0. The molecule has 0 aliphatic heterocycles. The van der Waals surface area contributed by atoms with Gasteiger partial charge in [-0.3, -0.25) is 4.79 Å². The summed E-state index contributed by atoms with van der Waals surface area (Å²) in [6, 6.07) is 10.2. The minimum atomic E-state index is -0.278. The van der Waals surface area contributed by atoms with Gasteiger partial charge in [0, 0.05) is 11.3 Å². The molecule has 2 aromatic carbocycles. The fourth-order valence-corrected chi connectivity index (χ4v) is 2.09. The van der Waals surface area contributed by atoms with Crippen molar-refractivity contribution in [1.82, 2.24) is 0 Å². The number of hydrogen-bond donors (Lipinski definition) is 2. The molecular weight excluding hydrogens is 283 g/mol. The average Bonchev–Trinajstić information content (AvgIpc) is 2.33. The van der Waals surface area contributed by atoms with Crippen molar-refractivity contribution in [2.75, 3.05) is 11.1 Å². The Labute approximate surface area is 121 Å². The van der Waals surface area contributed by atoms with E-state index in [1.165, 1.54) is 0 Å². The largest absolute Gasteiger partial charge is 0.399 e. The summed E-state index contributed by atoms with van der Waals surface area (Å²) in [5.74, 6) is -0.278. The van der Waals surface area contributed by atoms with Gasteiger partial charge in [-0.1, -0.05) is 29.3 Å². The summed E-state index contributed by atoms with van der Waals surface area (Å²) in [4.78, 5) is 12.1. The van der Waals surface area contributed by atoms with Gasteiger partial charge in [-0.05, 0) is 42.8 Å². The number of rotatable bonds is 2. The number of carbonyl (C=O) groups excluding carboxylic acids is 1. The fourth-order valence-electron chi connectivity index (χ4n) is 1.74. The minimum absolute atomic E-state index is 0.278. The first-order valence-corrected chi connectivity index (χ1v) is 6.35. The molecule has 0 spiro atoms. The molecule has 0 aliphatic rings. The van der Waals surface area contributed by atoms with Crippen molar-refractivity contribution >= 4 is 40.5 Å². The Morgan fingerprint density at radius 1 is 1.21 bits per heavy atom. The second-order valence-electron chi connectivity index (χ2n) is 4.19. The molecule has 0 radical (unpaired) electrons. The second-order valence-corrected chi connectivity index (χ2v) is 4.97. The summed E-state index contributed by atoms with van der Waals surface area (Å²) in [6.45, 7) is 1.87. The predicted molar refractivity (Wildman–Crippen MR) is 80.0 cm³/mol. The molecule has 0 fully saturated rings. The lowest BCUT2D eigenvalue weighted by Gasteiger charge is -2.09. The third-order valence-electron chi connectivity index (χ3n) is 2.56. The van der Waals surface area contributed by atoms with Crippen LogP contribution in [0, 0.1) is 6.92 Å². The Kier molecular flexibility index (Phi) is 3.98. The van der Waals surface area contributed by atoms with Crippen molar-refractivity contribution < 1.29 is 4.79 Å².